The number of benzene rings is 1. The average molecular weight is 295 g/mol. The van der Waals surface area contributed by atoms with Gasteiger partial charge in [0, 0.05) is 11.2 Å². The maximum Gasteiger partial charge on any atom is 0.123 e. The first-order valence-corrected chi connectivity index (χ1v) is 7.34. The average Bonchev–Trinajstić information content (AvgIpc) is 2.87. The maximum atomic E-state index is 5.91. The molecule has 1 fully saturated rings. The van der Waals surface area contributed by atoms with Crippen LogP contribution in [0, 0.1) is 11.8 Å². The third kappa shape index (κ3) is 2.12. The lowest BCUT2D eigenvalue weighted by Gasteiger charge is -2.16. The molecular formula is C15H19BrO. The van der Waals surface area contributed by atoms with Gasteiger partial charge in [0.2, 0.25) is 0 Å². The quantitative estimate of drug-likeness (QED) is 0.730. The Morgan fingerprint density at radius 1 is 1.41 bits per heavy atom. The first kappa shape index (κ1) is 11.6. The Morgan fingerprint density at radius 2 is 2.12 bits per heavy atom. The molecule has 3 unspecified atom stereocenters. The van der Waals surface area contributed by atoms with Crippen LogP contribution in [0.25, 0.3) is 0 Å². The summed E-state index contributed by atoms with van der Waals surface area (Å²) in [4.78, 5) is 0.520. The van der Waals surface area contributed by atoms with Gasteiger partial charge in [-0.1, -0.05) is 35.0 Å². The Kier molecular flexibility index (Phi) is 2.55. The molecule has 1 saturated carbocycles. The van der Waals surface area contributed by atoms with Crippen molar-refractivity contribution in [1.29, 1.82) is 0 Å². The summed E-state index contributed by atoms with van der Waals surface area (Å²) in [6.07, 6.45) is 2.38. The van der Waals surface area contributed by atoms with Crippen LogP contribution < -0.4 is 4.74 Å². The zero-order chi connectivity index (χ0) is 12.2. The smallest absolute Gasteiger partial charge is 0.123 e. The van der Waals surface area contributed by atoms with E-state index in [9.17, 15) is 0 Å². The van der Waals surface area contributed by atoms with E-state index < -0.39 is 0 Å². The molecule has 1 aliphatic carbocycles. The second-order valence-corrected chi connectivity index (χ2v) is 7.17. The zero-order valence-electron chi connectivity index (χ0n) is 10.7. The van der Waals surface area contributed by atoms with Gasteiger partial charge in [0.1, 0.15) is 11.4 Å². The van der Waals surface area contributed by atoms with Crippen LogP contribution in [-0.2, 0) is 6.42 Å². The molecule has 2 heteroatoms. The second-order valence-electron chi connectivity index (χ2n) is 6.18. The van der Waals surface area contributed by atoms with Crippen molar-refractivity contribution < 1.29 is 4.74 Å². The van der Waals surface area contributed by atoms with Crippen molar-refractivity contribution in [3.8, 4) is 5.75 Å². The molecule has 0 amide bonds. The minimum absolute atomic E-state index is 0.0321. The fraction of sp³-hybridized carbons (Fsp3) is 0.600. The molecule has 1 aliphatic heterocycles. The van der Waals surface area contributed by atoms with E-state index in [1.54, 1.807) is 0 Å². The highest BCUT2D eigenvalue weighted by Gasteiger charge is 2.39. The highest BCUT2D eigenvalue weighted by atomic mass is 79.9. The van der Waals surface area contributed by atoms with E-state index >= 15 is 0 Å². The molecule has 0 bridgehead atoms. The van der Waals surface area contributed by atoms with Gasteiger partial charge in [-0.3, -0.25) is 0 Å². The molecule has 0 saturated heterocycles. The predicted octanol–water partition coefficient (Wildman–Crippen LogP) is 4.49. The standard InChI is InChI=1S/C15H19BrO/c1-9-6-12(9)14(16)10-4-5-13-11(7-10)8-15(2,3)17-13/h4-5,7,9,12,14H,6,8H2,1-3H3. The van der Waals surface area contributed by atoms with Crippen LogP contribution in [0.15, 0.2) is 18.2 Å². The van der Waals surface area contributed by atoms with Crippen molar-refractivity contribution in [2.45, 2.75) is 44.0 Å². The number of alkyl halides is 1. The lowest BCUT2D eigenvalue weighted by Crippen LogP contribution is -2.24. The summed E-state index contributed by atoms with van der Waals surface area (Å²) >= 11 is 3.85. The molecule has 2 aliphatic rings. The monoisotopic (exact) mass is 294 g/mol. The van der Waals surface area contributed by atoms with E-state index in [4.69, 9.17) is 4.74 Å². The Labute approximate surface area is 112 Å². The molecule has 92 valence electrons. The molecule has 3 rings (SSSR count). The van der Waals surface area contributed by atoms with Gasteiger partial charge in [-0.15, -0.1) is 0 Å². The summed E-state index contributed by atoms with van der Waals surface area (Å²) in [6.45, 7) is 6.64. The van der Waals surface area contributed by atoms with Crippen molar-refractivity contribution in [1.82, 2.24) is 0 Å². The van der Waals surface area contributed by atoms with Crippen molar-refractivity contribution in [2.24, 2.45) is 11.8 Å². The normalized spacial score (nSPS) is 30.6. The number of hydrogen-bond acceptors (Lipinski definition) is 1. The third-order valence-corrected chi connectivity index (χ3v) is 5.16. The molecule has 3 atom stereocenters. The molecule has 0 radical (unpaired) electrons. The van der Waals surface area contributed by atoms with Crippen molar-refractivity contribution in [3.05, 3.63) is 29.3 Å². The van der Waals surface area contributed by atoms with E-state index in [0.717, 1.165) is 24.0 Å². The van der Waals surface area contributed by atoms with E-state index in [-0.39, 0.29) is 5.60 Å². The number of rotatable bonds is 2. The summed E-state index contributed by atoms with van der Waals surface area (Å²) < 4.78 is 5.91. The zero-order valence-corrected chi connectivity index (χ0v) is 12.3. The molecule has 1 aromatic rings. The molecule has 1 heterocycles. The van der Waals surface area contributed by atoms with Gasteiger partial charge in [-0.05, 0) is 49.3 Å². The minimum atomic E-state index is -0.0321. The van der Waals surface area contributed by atoms with Crippen molar-refractivity contribution in [3.63, 3.8) is 0 Å². The van der Waals surface area contributed by atoms with Crippen LogP contribution >= 0.6 is 15.9 Å². The Morgan fingerprint density at radius 3 is 2.76 bits per heavy atom. The summed E-state index contributed by atoms with van der Waals surface area (Å²) in [7, 11) is 0. The summed E-state index contributed by atoms with van der Waals surface area (Å²) in [5, 5.41) is 0. The molecule has 0 spiro atoms. The van der Waals surface area contributed by atoms with Gasteiger partial charge in [0.25, 0.3) is 0 Å². The minimum Gasteiger partial charge on any atom is -0.487 e. The van der Waals surface area contributed by atoms with Crippen LogP contribution in [0.1, 0.15) is 43.1 Å². The van der Waals surface area contributed by atoms with Gasteiger partial charge in [0.15, 0.2) is 0 Å². The van der Waals surface area contributed by atoms with Gasteiger partial charge < -0.3 is 4.74 Å². The Hall–Kier alpha value is -0.500. The van der Waals surface area contributed by atoms with E-state index in [2.05, 4.69) is 54.9 Å². The number of hydrogen-bond donors (Lipinski definition) is 0. The SMILES string of the molecule is CC1CC1C(Br)c1ccc2c(c1)CC(C)(C)O2. The van der Waals surface area contributed by atoms with Gasteiger partial charge in [-0.2, -0.15) is 0 Å². The highest BCUT2D eigenvalue weighted by molar-refractivity contribution is 9.09. The summed E-state index contributed by atoms with van der Waals surface area (Å²) in [6, 6.07) is 6.68. The molecule has 1 nitrogen and oxygen atoms in total. The molecule has 0 aromatic heterocycles. The molecule has 17 heavy (non-hydrogen) atoms. The summed E-state index contributed by atoms with van der Waals surface area (Å²) in [5.74, 6) is 2.77. The first-order valence-electron chi connectivity index (χ1n) is 6.42. The van der Waals surface area contributed by atoms with Gasteiger partial charge in [0.05, 0.1) is 0 Å². The molecule has 0 N–H and O–H groups in total. The van der Waals surface area contributed by atoms with E-state index in [1.165, 1.54) is 17.5 Å². The van der Waals surface area contributed by atoms with Gasteiger partial charge >= 0.3 is 0 Å². The predicted molar refractivity (Wildman–Crippen MR) is 73.8 cm³/mol. The Balaban J connectivity index is 1.85. The number of ether oxygens (including phenoxy) is 1. The first-order chi connectivity index (χ1) is 7.96. The van der Waals surface area contributed by atoms with Crippen LogP contribution in [0.3, 0.4) is 0 Å². The highest BCUT2D eigenvalue weighted by Crippen LogP contribution is 2.51. The Bertz CT molecular complexity index is 452. The summed E-state index contributed by atoms with van der Waals surface area (Å²) in [5.41, 5.74) is 2.75. The fourth-order valence-corrected chi connectivity index (χ4v) is 3.83. The largest absolute Gasteiger partial charge is 0.487 e. The third-order valence-electron chi connectivity index (χ3n) is 3.95. The van der Waals surface area contributed by atoms with E-state index in [0.29, 0.717) is 4.83 Å². The maximum absolute atomic E-state index is 5.91. The van der Waals surface area contributed by atoms with Crippen molar-refractivity contribution in [2.75, 3.05) is 0 Å². The number of fused-ring (bicyclic) bond motifs is 1. The van der Waals surface area contributed by atoms with Gasteiger partial charge in [-0.25, -0.2) is 0 Å². The fourth-order valence-electron chi connectivity index (χ4n) is 2.81. The van der Waals surface area contributed by atoms with Crippen LogP contribution in [-0.4, -0.2) is 5.60 Å². The van der Waals surface area contributed by atoms with Crippen molar-refractivity contribution >= 4 is 15.9 Å². The van der Waals surface area contributed by atoms with E-state index in [1.807, 2.05) is 0 Å². The molecular weight excluding hydrogens is 276 g/mol. The molecule has 1 aromatic carbocycles. The van der Waals surface area contributed by atoms with Crippen LogP contribution in [0.2, 0.25) is 0 Å². The number of halogens is 1. The topological polar surface area (TPSA) is 9.23 Å². The lowest BCUT2D eigenvalue weighted by molar-refractivity contribution is 0.138. The van der Waals surface area contributed by atoms with Crippen LogP contribution in [0.5, 0.6) is 5.75 Å². The second kappa shape index (κ2) is 3.74. The van der Waals surface area contributed by atoms with Crippen LogP contribution in [0.4, 0.5) is 0 Å². The lowest BCUT2D eigenvalue weighted by atomic mass is 9.98.